The third-order valence-corrected chi connectivity index (χ3v) is 6.96. The van der Waals surface area contributed by atoms with Crippen LogP contribution in [0, 0.1) is 11.6 Å². The van der Waals surface area contributed by atoms with E-state index in [1.165, 1.54) is 41.3 Å². The number of carbonyl (C=O) groups is 2. The van der Waals surface area contributed by atoms with Gasteiger partial charge >= 0.3 is 0 Å². The number of benzene rings is 3. The first-order valence-corrected chi connectivity index (χ1v) is 12.9. The number of hydrogen-bond donors (Lipinski definition) is 1. The summed E-state index contributed by atoms with van der Waals surface area (Å²) in [7, 11) is 0. The molecule has 2 heterocycles. The first kappa shape index (κ1) is 27.0. The zero-order valence-electron chi connectivity index (χ0n) is 22.1. The van der Waals surface area contributed by atoms with Gasteiger partial charge in [0.2, 0.25) is 0 Å². The molecule has 4 aromatic rings. The van der Waals surface area contributed by atoms with Crippen LogP contribution in [0.5, 0.6) is 5.75 Å². The zero-order valence-corrected chi connectivity index (χ0v) is 22.1. The number of halogens is 2. The molecular weight excluding hydrogens is 518 g/mol. The van der Waals surface area contributed by atoms with Gasteiger partial charge in [-0.3, -0.25) is 14.4 Å². The lowest BCUT2D eigenvalue weighted by Gasteiger charge is -2.38. The van der Waals surface area contributed by atoms with Gasteiger partial charge < -0.3 is 14.5 Å². The molecule has 10 heteroatoms. The normalized spacial score (nSPS) is 13.9. The molecule has 1 aromatic heterocycles. The number of rotatable bonds is 6. The summed E-state index contributed by atoms with van der Waals surface area (Å²) >= 11 is 0. The van der Waals surface area contributed by atoms with Crippen LogP contribution in [0.2, 0.25) is 0 Å². The average molecular weight is 547 g/mol. The Morgan fingerprint density at radius 3 is 2.27 bits per heavy atom. The van der Waals surface area contributed by atoms with E-state index in [0.29, 0.717) is 34.2 Å². The molecule has 0 bridgehead atoms. The molecule has 1 aliphatic rings. The SMILES string of the molecule is CC(C)(Oc1ccc(F)cc1)C(=O)N1CCN(C(=O)c2cc(Cc3n[nH]c(=O)c4ccccc34)ccc2F)CC1. The van der Waals surface area contributed by atoms with E-state index in [-0.39, 0.29) is 43.2 Å². The van der Waals surface area contributed by atoms with Crippen LogP contribution in [-0.4, -0.2) is 63.6 Å². The number of ether oxygens (including phenoxy) is 1. The van der Waals surface area contributed by atoms with Crippen molar-refractivity contribution in [3.8, 4) is 5.75 Å². The van der Waals surface area contributed by atoms with Gasteiger partial charge in [-0.15, -0.1) is 0 Å². The van der Waals surface area contributed by atoms with Crippen LogP contribution < -0.4 is 10.3 Å². The number of nitrogens with zero attached hydrogens (tertiary/aromatic N) is 3. The molecule has 0 unspecified atom stereocenters. The second-order valence-corrected chi connectivity index (χ2v) is 10.2. The highest BCUT2D eigenvalue weighted by molar-refractivity contribution is 5.95. The molecule has 3 aromatic carbocycles. The van der Waals surface area contributed by atoms with E-state index in [0.717, 1.165) is 0 Å². The molecule has 1 N–H and O–H groups in total. The maximum absolute atomic E-state index is 14.8. The Bertz CT molecular complexity index is 1630. The number of nitrogens with one attached hydrogen (secondary N) is 1. The van der Waals surface area contributed by atoms with Crippen LogP contribution >= 0.6 is 0 Å². The van der Waals surface area contributed by atoms with Gasteiger partial charge in [0.1, 0.15) is 17.4 Å². The molecule has 0 saturated carbocycles. The van der Waals surface area contributed by atoms with E-state index < -0.39 is 23.1 Å². The molecule has 8 nitrogen and oxygen atoms in total. The summed E-state index contributed by atoms with van der Waals surface area (Å²) in [5, 5.41) is 7.86. The zero-order chi connectivity index (χ0) is 28.4. The summed E-state index contributed by atoms with van der Waals surface area (Å²) in [5.74, 6) is -1.40. The van der Waals surface area contributed by atoms with Crippen molar-refractivity contribution >= 4 is 22.6 Å². The fourth-order valence-electron chi connectivity index (χ4n) is 4.85. The summed E-state index contributed by atoms with van der Waals surface area (Å²) in [5.41, 5.74) is -0.284. The lowest BCUT2D eigenvalue weighted by Crippen LogP contribution is -2.56. The predicted molar refractivity (Wildman–Crippen MR) is 145 cm³/mol. The number of aromatic nitrogens is 2. The molecule has 0 radical (unpaired) electrons. The first-order chi connectivity index (χ1) is 19.1. The van der Waals surface area contributed by atoms with Crippen LogP contribution in [0.3, 0.4) is 0 Å². The topological polar surface area (TPSA) is 95.6 Å². The number of hydrogen-bond acceptors (Lipinski definition) is 5. The largest absolute Gasteiger partial charge is 0.478 e. The van der Waals surface area contributed by atoms with Gasteiger partial charge in [-0.2, -0.15) is 5.10 Å². The van der Waals surface area contributed by atoms with Crippen molar-refractivity contribution in [3.63, 3.8) is 0 Å². The van der Waals surface area contributed by atoms with Crippen LogP contribution in [0.15, 0.2) is 71.5 Å². The molecule has 1 saturated heterocycles. The van der Waals surface area contributed by atoms with Crippen molar-refractivity contribution in [2.75, 3.05) is 26.2 Å². The molecule has 0 spiro atoms. The fraction of sp³-hybridized carbons (Fsp3) is 0.267. The van der Waals surface area contributed by atoms with Crippen molar-refractivity contribution in [3.05, 3.63) is 106 Å². The molecule has 5 rings (SSSR count). The molecular formula is C30H28F2N4O4. The number of carbonyl (C=O) groups excluding carboxylic acids is 2. The van der Waals surface area contributed by atoms with E-state index in [2.05, 4.69) is 10.2 Å². The van der Waals surface area contributed by atoms with Gasteiger partial charge in [0, 0.05) is 38.0 Å². The number of H-pyrrole nitrogens is 1. The second kappa shape index (κ2) is 10.9. The quantitative estimate of drug-likeness (QED) is 0.396. The van der Waals surface area contributed by atoms with Crippen molar-refractivity contribution < 1.29 is 23.1 Å². The number of aromatic amines is 1. The summed E-state index contributed by atoms with van der Waals surface area (Å²) < 4.78 is 33.8. The number of piperazine rings is 1. The number of fused-ring (bicyclic) bond motifs is 1. The van der Waals surface area contributed by atoms with Crippen molar-refractivity contribution in [1.29, 1.82) is 0 Å². The maximum Gasteiger partial charge on any atom is 0.272 e. The van der Waals surface area contributed by atoms with Gasteiger partial charge in [0.25, 0.3) is 17.4 Å². The maximum atomic E-state index is 14.8. The standard InChI is InChI=1S/C30H28F2N4O4/c1-30(2,40-21-10-8-20(31)9-11-21)29(39)36-15-13-35(14-16-36)28(38)24-17-19(7-12-25(24)32)18-26-22-5-3-4-6-23(22)27(37)34-33-26/h3-12,17H,13-16,18H2,1-2H3,(H,34,37). The summed E-state index contributed by atoms with van der Waals surface area (Å²) in [6, 6.07) is 16.9. The summed E-state index contributed by atoms with van der Waals surface area (Å²) in [6.07, 6.45) is 0.295. The number of amides is 2. The van der Waals surface area contributed by atoms with Gasteiger partial charge in [0.15, 0.2) is 5.60 Å². The molecule has 2 amide bonds. The molecule has 1 aliphatic heterocycles. The average Bonchev–Trinajstić information content (AvgIpc) is 2.96. The minimum absolute atomic E-state index is 0.0639. The third-order valence-electron chi connectivity index (χ3n) is 6.96. The third kappa shape index (κ3) is 5.56. The first-order valence-electron chi connectivity index (χ1n) is 12.9. The Balaban J connectivity index is 1.26. The molecule has 0 aliphatic carbocycles. The molecule has 206 valence electrons. The minimum Gasteiger partial charge on any atom is -0.478 e. The molecule has 0 atom stereocenters. The predicted octanol–water partition coefficient (Wildman–Crippen LogP) is 3.93. The summed E-state index contributed by atoms with van der Waals surface area (Å²) in [6.45, 7) is 4.25. The highest BCUT2D eigenvalue weighted by Crippen LogP contribution is 2.23. The van der Waals surface area contributed by atoms with E-state index in [1.54, 1.807) is 43.0 Å². The Hall–Kier alpha value is -4.60. The van der Waals surface area contributed by atoms with Crippen molar-refractivity contribution in [2.45, 2.75) is 25.9 Å². The van der Waals surface area contributed by atoms with Crippen molar-refractivity contribution in [2.24, 2.45) is 0 Å². The van der Waals surface area contributed by atoms with Crippen LogP contribution in [-0.2, 0) is 11.2 Å². The lowest BCUT2D eigenvalue weighted by molar-refractivity contribution is -0.147. The summed E-state index contributed by atoms with van der Waals surface area (Å²) in [4.78, 5) is 41.7. The smallest absolute Gasteiger partial charge is 0.272 e. The van der Waals surface area contributed by atoms with Crippen LogP contribution in [0.1, 0.15) is 35.5 Å². The second-order valence-electron chi connectivity index (χ2n) is 10.2. The van der Waals surface area contributed by atoms with Gasteiger partial charge in [-0.25, -0.2) is 13.9 Å². The van der Waals surface area contributed by atoms with Crippen LogP contribution in [0.25, 0.3) is 10.8 Å². The van der Waals surface area contributed by atoms with E-state index in [9.17, 15) is 23.2 Å². The Morgan fingerprint density at radius 2 is 1.57 bits per heavy atom. The van der Waals surface area contributed by atoms with Crippen LogP contribution in [0.4, 0.5) is 8.78 Å². The van der Waals surface area contributed by atoms with E-state index >= 15 is 0 Å². The fourth-order valence-corrected chi connectivity index (χ4v) is 4.85. The Labute approximate surface area is 229 Å². The highest BCUT2D eigenvalue weighted by Gasteiger charge is 2.36. The van der Waals surface area contributed by atoms with Gasteiger partial charge in [-0.05, 0) is 61.9 Å². The van der Waals surface area contributed by atoms with Gasteiger partial charge in [-0.1, -0.05) is 24.3 Å². The molecule has 40 heavy (non-hydrogen) atoms. The Kier molecular flexibility index (Phi) is 7.34. The van der Waals surface area contributed by atoms with Gasteiger partial charge in [0.05, 0.1) is 16.6 Å². The monoisotopic (exact) mass is 546 g/mol. The highest BCUT2D eigenvalue weighted by atomic mass is 19.1. The van der Waals surface area contributed by atoms with Crippen molar-refractivity contribution in [1.82, 2.24) is 20.0 Å². The minimum atomic E-state index is -1.20. The lowest BCUT2D eigenvalue weighted by atomic mass is 10.0. The van der Waals surface area contributed by atoms with E-state index in [1.807, 2.05) is 6.07 Å². The molecule has 1 fully saturated rings. The Morgan fingerprint density at radius 1 is 0.925 bits per heavy atom. The van der Waals surface area contributed by atoms with E-state index in [4.69, 9.17) is 4.74 Å².